The topological polar surface area (TPSA) is 20.3 Å². The Bertz CT molecular complexity index is 158. The molecule has 0 heterocycles. The third-order valence-corrected chi connectivity index (χ3v) is 3.63. The van der Waals surface area contributed by atoms with Crippen LogP contribution in [0, 0.1) is 0 Å². The van der Waals surface area contributed by atoms with Crippen LogP contribution in [-0.4, -0.2) is 41.8 Å². The van der Waals surface area contributed by atoms with Crippen LogP contribution in [0.1, 0.15) is 40.0 Å². The third-order valence-electron chi connectivity index (χ3n) is 2.58. The Morgan fingerprint density at radius 3 is 2.33 bits per heavy atom. The Kier molecular flexibility index (Phi) is 10.5. The molecule has 0 spiro atoms. The number of nitrogens with zero attached hydrogens (tertiary/aromatic N) is 1. The van der Waals surface area contributed by atoms with Gasteiger partial charge in [0, 0.05) is 25.1 Å². The fourth-order valence-corrected chi connectivity index (χ4v) is 2.32. The summed E-state index contributed by atoms with van der Waals surface area (Å²) in [4.78, 5) is 13.5. The first-order valence-electron chi connectivity index (χ1n) is 6.06. The fraction of sp³-hybridized carbons (Fsp3) is 0.917. The maximum absolute atomic E-state index is 11.0. The zero-order valence-corrected chi connectivity index (χ0v) is 11.2. The van der Waals surface area contributed by atoms with E-state index in [-0.39, 0.29) is 0 Å². The van der Waals surface area contributed by atoms with Gasteiger partial charge in [0.1, 0.15) is 5.78 Å². The summed E-state index contributed by atoms with van der Waals surface area (Å²) in [7, 11) is 0. The first kappa shape index (κ1) is 15.0. The lowest BCUT2D eigenvalue weighted by molar-refractivity contribution is -0.118. The molecule has 0 unspecified atom stereocenters. The highest BCUT2D eigenvalue weighted by Gasteiger charge is 2.00. The van der Waals surface area contributed by atoms with Crippen LogP contribution in [0.25, 0.3) is 0 Å². The molecule has 0 aromatic carbocycles. The zero-order valence-electron chi connectivity index (χ0n) is 10.4. The Balaban J connectivity index is 3.21. The number of carbonyl (C=O) groups excluding carboxylic acids is 1. The number of rotatable bonds is 10. The summed E-state index contributed by atoms with van der Waals surface area (Å²) in [5, 5.41) is 0. The van der Waals surface area contributed by atoms with E-state index in [1.165, 1.54) is 12.3 Å². The van der Waals surface area contributed by atoms with Crippen molar-refractivity contribution in [2.24, 2.45) is 0 Å². The molecule has 0 aliphatic carbocycles. The van der Waals surface area contributed by atoms with Gasteiger partial charge in [0.25, 0.3) is 0 Å². The molecule has 0 fully saturated rings. The molecule has 0 aromatic rings. The summed E-state index contributed by atoms with van der Waals surface area (Å²) in [6, 6.07) is 0. The second-order valence-electron chi connectivity index (χ2n) is 3.64. The number of ketones is 1. The summed E-state index contributed by atoms with van der Waals surface area (Å²) < 4.78 is 0. The van der Waals surface area contributed by atoms with Gasteiger partial charge in [0.2, 0.25) is 0 Å². The first-order chi connectivity index (χ1) is 7.24. The van der Waals surface area contributed by atoms with E-state index in [2.05, 4.69) is 18.7 Å². The molecule has 0 aliphatic rings. The molecule has 0 amide bonds. The highest BCUT2D eigenvalue weighted by Crippen LogP contribution is 2.06. The maximum atomic E-state index is 11.0. The van der Waals surface area contributed by atoms with Crippen molar-refractivity contribution in [3.05, 3.63) is 0 Å². The van der Waals surface area contributed by atoms with E-state index in [0.29, 0.717) is 12.2 Å². The quantitative estimate of drug-likeness (QED) is 0.539. The standard InChI is InChI=1S/C12H25NOS/c1-4-12(14)8-7-10-15-11-9-13(5-2)6-3/h4-11H2,1-3H3. The lowest BCUT2D eigenvalue weighted by Crippen LogP contribution is -2.25. The Morgan fingerprint density at radius 2 is 1.80 bits per heavy atom. The average molecular weight is 231 g/mol. The van der Waals surface area contributed by atoms with E-state index in [0.717, 1.165) is 31.7 Å². The second kappa shape index (κ2) is 10.5. The van der Waals surface area contributed by atoms with Crippen molar-refractivity contribution in [3.8, 4) is 0 Å². The number of Topliss-reactive ketones (excluding diaryl/α,β-unsaturated/α-hetero) is 1. The molecule has 0 aliphatic heterocycles. The summed E-state index contributed by atoms with van der Waals surface area (Å²) in [5.41, 5.74) is 0. The van der Waals surface area contributed by atoms with Gasteiger partial charge >= 0.3 is 0 Å². The molecule has 0 saturated heterocycles. The number of hydrogen-bond donors (Lipinski definition) is 0. The predicted molar refractivity (Wildman–Crippen MR) is 69.6 cm³/mol. The lowest BCUT2D eigenvalue weighted by atomic mass is 10.2. The van der Waals surface area contributed by atoms with E-state index >= 15 is 0 Å². The minimum Gasteiger partial charge on any atom is -0.303 e. The molecule has 15 heavy (non-hydrogen) atoms. The summed E-state index contributed by atoms with van der Waals surface area (Å²) in [5.74, 6) is 2.73. The number of thioether (sulfide) groups is 1. The van der Waals surface area contributed by atoms with Crippen molar-refractivity contribution in [1.29, 1.82) is 0 Å². The minimum absolute atomic E-state index is 0.402. The molecular formula is C12H25NOS. The van der Waals surface area contributed by atoms with Crippen molar-refractivity contribution >= 4 is 17.5 Å². The van der Waals surface area contributed by atoms with Crippen molar-refractivity contribution in [2.45, 2.75) is 40.0 Å². The third kappa shape index (κ3) is 8.94. The van der Waals surface area contributed by atoms with Gasteiger partial charge in [-0.3, -0.25) is 4.79 Å². The average Bonchev–Trinajstić information content (AvgIpc) is 2.28. The molecule has 0 bridgehead atoms. The van der Waals surface area contributed by atoms with Crippen LogP contribution >= 0.6 is 11.8 Å². The van der Waals surface area contributed by atoms with Gasteiger partial charge in [-0.1, -0.05) is 20.8 Å². The van der Waals surface area contributed by atoms with E-state index in [1.807, 2.05) is 18.7 Å². The summed E-state index contributed by atoms with van der Waals surface area (Å²) >= 11 is 1.97. The van der Waals surface area contributed by atoms with E-state index < -0.39 is 0 Å². The lowest BCUT2D eigenvalue weighted by Gasteiger charge is -2.17. The predicted octanol–water partition coefficient (Wildman–Crippen LogP) is 2.82. The summed E-state index contributed by atoms with van der Waals surface area (Å²) in [6.07, 6.45) is 2.52. The minimum atomic E-state index is 0.402. The van der Waals surface area contributed by atoms with Gasteiger partial charge in [-0.25, -0.2) is 0 Å². The molecule has 2 nitrogen and oxygen atoms in total. The molecule has 0 aromatic heterocycles. The molecule has 0 atom stereocenters. The van der Waals surface area contributed by atoms with Crippen LogP contribution in [0.5, 0.6) is 0 Å². The highest BCUT2D eigenvalue weighted by molar-refractivity contribution is 7.99. The van der Waals surface area contributed by atoms with E-state index in [4.69, 9.17) is 0 Å². The molecule has 0 saturated carbocycles. The van der Waals surface area contributed by atoms with Crippen LogP contribution < -0.4 is 0 Å². The first-order valence-corrected chi connectivity index (χ1v) is 7.21. The number of hydrogen-bond acceptors (Lipinski definition) is 3. The molecule has 3 heteroatoms. The van der Waals surface area contributed by atoms with Crippen molar-refractivity contribution in [2.75, 3.05) is 31.1 Å². The monoisotopic (exact) mass is 231 g/mol. The smallest absolute Gasteiger partial charge is 0.132 e. The largest absolute Gasteiger partial charge is 0.303 e. The van der Waals surface area contributed by atoms with Crippen molar-refractivity contribution < 1.29 is 4.79 Å². The Morgan fingerprint density at radius 1 is 1.13 bits per heavy atom. The van der Waals surface area contributed by atoms with Gasteiger partial charge in [-0.15, -0.1) is 0 Å². The van der Waals surface area contributed by atoms with E-state index in [9.17, 15) is 4.79 Å². The Labute approximate surface area is 98.8 Å². The highest BCUT2D eigenvalue weighted by atomic mass is 32.2. The second-order valence-corrected chi connectivity index (χ2v) is 4.86. The van der Waals surface area contributed by atoms with Crippen LogP contribution in [0.4, 0.5) is 0 Å². The van der Waals surface area contributed by atoms with Gasteiger partial charge in [-0.05, 0) is 25.3 Å². The van der Waals surface area contributed by atoms with Crippen molar-refractivity contribution in [3.63, 3.8) is 0 Å². The zero-order chi connectivity index (χ0) is 11.5. The normalized spacial score (nSPS) is 10.9. The van der Waals surface area contributed by atoms with Gasteiger partial charge in [0.15, 0.2) is 0 Å². The van der Waals surface area contributed by atoms with Gasteiger partial charge in [0.05, 0.1) is 0 Å². The van der Waals surface area contributed by atoms with Crippen LogP contribution in [0.15, 0.2) is 0 Å². The molecule has 90 valence electrons. The van der Waals surface area contributed by atoms with Crippen LogP contribution in [0.2, 0.25) is 0 Å². The van der Waals surface area contributed by atoms with Gasteiger partial charge in [-0.2, -0.15) is 11.8 Å². The maximum Gasteiger partial charge on any atom is 0.132 e. The fourth-order valence-electron chi connectivity index (χ4n) is 1.38. The molecule has 0 rings (SSSR count). The molecule has 0 radical (unpaired) electrons. The van der Waals surface area contributed by atoms with Gasteiger partial charge < -0.3 is 4.90 Å². The SMILES string of the molecule is CCC(=O)CCCSCCN(CC)CC. The van der Waals surface area contributed by atoms with E-state index in [1.54, 1.807) is 0 Å². The van der Waals surface area contributed by atoms with Crippen LogP contribution in [0.3, 0.4) is 0 Å². The summed E-state index contributed by atoms with van der Waals surface area (Å²) in [6.45, 7) is 9.81. The molecular weight excluding hydrogens is 206 g/mol. The van der Waals surface area contributed by atoms with Crippen molar-refractivity contribution in [1.82, 2.24) is 4.90 Å². The van der Waals surface area contributed by atoms with Crippen LogP contribution in [-0.2, 0) is 4.79 Å². The molecule has 0 N–H and O–H groups in total. The Hall–Kier alpha value is -0.0200. The number of carbonyl (C=O) groups is 1.